The van der Waals surface area contributed by atoms with E-state index in [-0.39, 0.29) is 41.7 Å². The fourth-order valence-electron chi connectivity index (χ4n) is 10.2. The van der Waals surface area contributed by atoms with Gasteiger partial charge in [0.2, 0.25) is 11.8 Å². The van der Waals surface area contributed by atoms with Crippen LogP contribution in [0.25, 0.3) is 0 Å². The molecule has 3 saturated heterocycles. The van der Waals surface area contributed by atoms with E-state index in [0.29, 0.717) is 24.4 Å². The van der Waals surface area contributed by atoms with Crippen molar-refractivity contribution in [1.29, 1.82) is 0 Å². The molecular weight excluding hydrogens is 731 g/mol. The number of carbonyl (C=O) groups excluding carboxylic acids is 3. The Hall–Kier alpha value is -5.55. The third kappa shape index (κ3) is 7.25. The lowest BCUT2D eigenvalue weighted by atomic mass is 9.68. The standard InChI is InChI=1S/C47H53N5O6/c1-47(2)44(32-5-4-6-37(26-32)57-3)43(39-14-12-36(53)27-41(39)58-47)31-7-9-34(10-8-31)50-19-17-30(18-20-50)28-49-21-23-51(24-22-49)35-11-13-38-33(25-35)29-52(46(38)56)40-15-16-42(54)48-45(40)55/h4-14,25-27,30,40,43-44,53H,15-24,28-29H2,1-3H3,(H,48,54,55)/t40-,43+,44?/m0/s1. The highest BCUT2D eigenvalue weighted by molar-refractivity contribution is 6.05. The summed E-state index contributed by atoms with van der Waals surface area (Å²) in [5.74, 6) is 1.66. The van der Waals surface area contributed by atoms with Crippen molar-refractivity contribution in [2.24, 2.45) is 5.92 Å². The van der Waals surface area contributed by atoms with Gasteiger partial charge in [-0.05, 0) is 104 Å². The van der Waals surface area contributed by atoms with Gasteiger partial charge in [-0.2, -0.15) is 0 Å². The summed E-state index contributed by atoms with van der Waals surface area (Å²) in [5, 5.41) is 12.7. The number of aromatic hydroxyl groups is 1. The first kappa shape index (κ1) is 38.0. The molecule has 5 aliphatic heterocycles. The maximum Gasteiger partial charge on any atom is 0.255 e. The molecule has 0 radical (unpaired) electrons. The predicted molar refractivity (Wildman–Crippen MR) is 223 cm³/mol. The van der Waals surface area contributed by atoms with Crippen LogP contribution in [0.1, 0.15) is 84.0 Å². The van der Waals surface area contributed by atoms with Gasteiger partial charge in [0.05, 0.1) is 7.11 Å². The highest BCUT2D eigenvalue weighted by atomic mass is 16.5. The Morgan fingerprint density at radius 2 is 1.55 bits per heavy atom. The van der Waals surface area contributed by atoms with Crippen LogP contribution in [0.4, 0.5) is 11.4 Å². The van der Waals surface area contributed by atoms with Crippen LogP contribution in [0.3, 0.4) is 0 Å². The third-order valence-electron chi connectivity index (χ3n) is 13.2. The van der Waals surface area contributed by atoms with Crippen LogP contribution in [0.5, 0.6) is 17.2 Å². The van der Waals surface area contributed by atoms with Gasteiger partial charge in [0.1, 0.15) is 28.9 Å². The minimum Gasteiger partial charge on any atom is -0.508 e. The summed E-state index contributed by atoms with van der Waals surface area (Å²) in [4.78, 5) is 46.5. The van der Waals surface area contributed by atoms with Gasteiger partial charge in [-0.3, -0.25) is 24.6 Å². The van der Waals surface area contributed by atoms with Crippen LogP contribution in [-0.4, -0.2) is 97.2 Å². The third-order valence-corrected chi connectivity index (χ3v) is 13.2. The molecule has 5 heterocycles. The molecule has 302 valence electrons. The average Bonchev–Trinajstić information content (AvgIpc) is 3.55. The van der Waals surface area contributed by atoms with E-state index in [0.717, 1.165) is 92.5 Å². The number of nitrogens with one attached hydrogen (secondary N) is 1. The number of methoxy groups -OCH3 is 1. The lowest BCUT2D eigenvalue weighted by Crippen LogP contribution is -2.52. The fraction of sp³-hybridized carbons (Fsp3) is 0.426. The lowest BCUT2D eigenvalue weighted by Gasteiger charge is -2.46. The second kappa shape index (κ2) is 15.3. The van der Waals surface area contributed by atoms with Gasteiger partial charge in [-0.25, -0.2) is 0 Å². The van der Waals surface area contributed by atoms with E-state index in [1.165, 1.54) is 11.3 Å². The molecule has 0 bridgehead atoms. The zero-order chi connectivity index (χ0) is 40.1. The van der Waals surface area contributed by atoms with Crippen LogP contribution in [0.15, 0.2) is 84.9 Å². The zero-order valence-electron chi connectivity index (χ0n) is 33.7. The number of nitrogens with zero attached hydrogens (tertiary/aromatic N) is 4. The molecule has 0 saturated carbocycles. The van der Waals surface area contributed by atoms with Crippen molar-refractivity contribution in [3.8, 4) is 17.2 Å². The summed E-state index contributed by atoms with van der Waals surface area (Å²) in [7, 11) is 1.70. The fourth-order valence-corrected chi connectivity index (χ4v) is 10.2. The van der Waals surface area contributed by atoms with Crippen LogP contribution < -0.4 is 24.6 Å². The molecule has 3 fully saturated rings. The average molecular weight is 784 g/mol. The van der Waals surface area contributed by atoms with Crippen molar-refractivity contribution >= 4 is 29.1 Å². The van der Waals surface area contributed by atoms with Crippen molar-refractivity contribution < 1.29 is 29.0 Å². The molecule has 4 aromatic rings. The Morgan fingerprint density at radius 1 is 0.810 bits per heavy atom. The van der Waals surface area contributed by atoms with Crippen molar-refractivity contribution in [3.05, 3.63) is 113 Å². The summed E-state index contributed by atoms with van der Waals surface area (Å²) in [5.41, 5.74) is 6.88. The van der Waals surface area contributed by atoms with Crippen molar-refractivity contribution in [1.82, 2.24) is 15.1 Å². The lowest BCUT2D eigenvalue weighted by molar-refractivity contribution is -0.136. The second-order valence-electron chi connectivity index (χ2n) is 17.2. The van der Waals surface area contributed by atoms with Crippen LogP contribution in [-0.2, 0) is 16.1 Å². The highest BCUT2D eigenvalue weighted by Crippen LogP contribution is 2.54. The van der Waals surface area contributed by atoms with Gasteiger partial charge in [-0.15, -0.1) is 0 Å². The van der Waals surface area contributed by atoms with E-state index >= 15 is 0 Å². The maximum atomic E-state index is 13.2. The molecule has 0 spiro atoms. The van der Waals surface area contributed by atoms with E-state index in [1.54, 1.807) is 24.1 Å². The Balaban J connectivity index is 0.805. The Morgan fingerprint density at radius 3 is 2.29 bits per heavy atom. The topological polar surface area (TPSA) is 115 Å². The van der Waals surface area contributed by atoms with Crippen molar-refractivity contribution in [2.75, 3.05) is 62.7 Å². The molecule has 3 atom stereocenters. The van der Waals surface area contributed by atoms with Crippen LogP contribution in [0, 0.1) is 5.92 Å². The summed E-state index contributed by atoms with van der Waals surface area (Å²) in [6.07, 6.45) is 2.95. The molecule has 9 rings (SSSR count). The number of anilines is 2. The Bertz CT molecular complexity index is 2210. The number of carbonyl (C=O) groups is 3. The minimum atomic E-state index is -0.595. The molecule has 0 aliphatic carbocycles. The molecule has 11 nitrogen and oxygen atoms in total. The van der Waals surface area contributed by atoms with Gasteiger partial charge >= 0.3 is 0 Å². The van der Waals surface area contributed by atoms with E-state index in [9.17, 15) is 19.5 Å². The molecule has 5 aliphatic rings. The predicted octanol–water partition coefficient (Wildman–Crippen LogP) is 6.29. The van der Waals surface area contributed by atoms with Gasteiger partial charge in [0.15, 0.2) is 0 Å². The number of benzene rings is 4. The number of hydrogen-bond acceptors (Lipinski definition) is 9. The Labute approximate surface area is 340 Å². The number of imide groups is 1. The van der Waals surface area contributed by atoms with Crippen LogP contribution in [0.2, 0.25) is 0 Å². The number of piperidine rings is 2. The molecular formula is C47H53N5O6. The van der Waals surface area contributed by atoms with E-state index in [4.69, 9.17) is 9.47 Å². The normalized spacial score (nSPS) is 23.6. The first-order valence-corrected chi connectivity index (χ1v) is 20.8. The monoisotopic (exact) mass is 783 g/mol. The largest absolute Gasteiger partial charge is 0.508 e. The number of ether oxygens (including phenoxy) is 2. The summed E-state index contributed by atoms with van der Waals surface area (Å²) < 4.78 is 12.2. The van der Waals surface area contributed by atoms with Gasteiger partial charge in [0, 0.05) is 99.2 Å². The van der Waals surface area contributed by atoms with E-state index in [1.807, 2.05) is 30.3 Å². The Kier molecular flexibility index (Phi) is 10.0. The van der Waals surface area contributed by atoms with Gasteiger partial charge in [0.25, 0.3) is 5.91 Å². The zero-order valence-corrected chi connectivity index (χ0v) is 33.7. The quantitative estimate of drug-likeness (QED) is 0.199. The number of hydrogen-bond donors (Lipinski definition) is 2. The molecule has 1 unspecified atom stereocenters. The first-order valence-electron chi connectivity index (χ1n) is 20.8. The van der Waals surface area contributed by atoms with Crippen molar-refractivity contribution in [3.63, 3.8) is 0 Å². The number of fused-ring (bicyclic) bond motifs is 2. The molecule has 2 N–H and O–H groups in total. The molecule has 4 aromatic carbocycles. The number of rotatable bonds is 8. The summed E-state index contributed by atoms with van der Waals surface area (Å²) in [6, 6.07) is 28.4. The number of piperazine rings is 1. The minimum absolute atomic E-state index is 0.0139. The summed E-state index contributed by atoms with van der Waals surface area (Å²) >= 11 is 0. The number of amides is 3. The summed E-state index contributed by atoms with van der Waals surface area (Å²) in [6.45, 7) is 11.7. The van der Waals surface area contributed by atoms with Gasteiger partial charge < -0.3 is 29.3 Å². The SMILES string of the molecule is COc1cccc(C2[C@H](c3ccc(N4CCC(CN5CCN(c6ccc7c(c6)CN([C@H]6CCC(=O)NC6=O)C7=O)CC5)CC4)cc3)c3ccc(O)cc3OC2(C)C)c1. The first-order chi connectivity index (χ1) is 28.0. The molecule has 0 aromatic heterocycles. The van der Waals surface area contributed by atoms with E-state index < -0.39 is 11.6 Å². The molecule has 3 amide bonds. The highest BCUT2D eigenvalue weighted by Gasteiger charge is 2.46. The second-order valence-corrected chi connectivity index (χ2v) is 17.2. The smallest absolute Gasteiger partial charge is 0.255 e. The van der Waals surface area contributed by atoms with Crippen molar-refractivity contribution in [2.45, 2.75) is 69.6 Å². The van der Waals surface area contributed by atoms with E-state index in [2.05, 4.69) is 76.3 Å². The molecule has 58 heavy (non-hydrogen) atoms. The van der Waals surface area contributed by atoms with Crippen LogP contribution >= 0.6 is 0 Å². The number of phenols is 1. The van der Waals surface area contributed by atoms with Gasteiger partial charge in [-0.1, -0.05) is 30.3 Å². The number of phenolic OH excluding ortho intramolecular Hbond substituents is 1. The molecule has 11 heteroatoms. The maximum absolute atomic E-state index is 13.2.